The van der Waals surface area contributed by atoms with Gasteiger partial charge in [-0.25, -0.2) is 0 Å². The van der Waals surface area contributed by atoms with Crippen LogP contribution in [0.2, 0.25) is 0 Å². The maximum atomic E-state index is 12.4. The first-order chi connectivity index (χ1) is 11.5. The number of aryl methyl sites for hydroxylation is 1. The highest BCUT2D eigenvalue weighted by Crippen LogP contribution is 2.09. The van der Waals surface area contributed by atoms with Crippen molar-refractivity contribution in [2.24, 2.45) is 7.05 Å². The Morgan fingerprint density at radius 1 is 1.04 bits per heavy atom. The molecular formula is C17H25N3O4. The summed E-state index contributed by atoms with van der Waals surface area (Å²) >= 11 is 0. The predicted molar refractivity (Wildman–Crippen MR) is 88.1 cm³/mol. The first-order valence-corrected chi connectivity index (χ1v) is 8.23. The molecule has 2 rings (SSSR count). The van der Waals surface area contributed by atoms with E-state index in [0.717, 1.165) is 12.0 Å². The quantitative estimate of drug-likeness (QED) is 0.738. The van der Waals surface area contributed by atoms with E-state index >= 15 is 0 Å². The molecular weight excluding hydrogens is 310 g/mol. The number of ether oxygens (including phenoxy) is 1. The van der Waals surface area contributed by atoms with E-state index in [-0.39, 0.29) is 30.6 Å². The van der Waals surface area contributed by atoms with E-state index in [1.165, 1.54) is 7.11 Å². The van der Waals surface area contributed by atoms with Crippen LogP contribution in [0.25, 0.3) is 0 Å². The molecule has 1 fully saturated rings. The number of carbonyl (C=O) groups excluding carboxylic acids is 3. The summed E-state index contributed by atoms with van der Waals surface area (Å²) in [7, 11) is 3.24. The van der Waals surface area contributed by atoms with Gasteiger partial charge >= 0.3 is 5.97 Å². The molecule has 0 aromatic carbocycles. The summed E-state index contributed by atoms with van der Waals surface area (Å²) in [5, 5.41) is 0. The van der Waals surface area contributed by atoms with Crippen molar-refractivity contribution in [3.05, 3.63) is 24.0 Å². The van der Waals surface area contributed by atoms with Crippen molar-refractivity contribution in [3.63, 3.8) is 0 Å². The summed E-state index contributed by atoms with van der Waals surface area (Å²) < 4.78 is 6.48. The van der Waals surface area contributed by atoms with Gasteiger partial charge in [0.25, 0.3) is 0 Å². The molecule has 24 heavy (non-hydrogen) atoms. The molecule has 0 spiro atoms. The Labute approximate surface area is 142 Å². The van der Waals surface area contributed by atoms with E-state index in [1.807, 2.05) is 35.0 Å². The molecule has 1 aliphatic rings. The van der Waals surface area contributed by atoms with Gasteiger partial charge in [0.15, 0.2) is 0 Å². The Balaban J connectivity index is 1.82. The van der Waals surface area contributed by atoms with Crippen LogP contribution in [0.5, 0.6) is 0 Å². The minimum Gasteiger partial charge on any atom is -0.469 e. The number of nitrogens with zero attached hydrogens (tertiary/aromatic N) is 3. The van der Waals surface area contributed by atoms with Crippen molar-refractivity contribution in [2.45, 2.75) is 25.7 Å². The zero-order chi connectivity index (χ0) is 17.5. The van der Waals surface area contributed by atoms with Gasteiger partial charge in [-0.15, -0.1) is 0 Å². The fourth-order valence-electron chi connectivity index (χ4n) is 2.84. The molecule has 0 unspecified atom stereocenters. The Kier molecular flexibility index (Phi) is 6.40. The Morgan fingerprint density at radius 3 is 2.29 bits per heavy atom. The van der Waals surface area contributed by atoms with E-state index in [0.29, 0.717) is 32.6 Å². The van der Waals surface area contributed by atoms with Crippen molar-refractivity contribution < 1.29 is 19.1 Å². The van der Waals surface area contributed by atoms with E-state index in [4.69, 9.17) is 0 Å². The Morgan fingerprint density at radius 2 is 1.71 bits per heavy atom. The van der Waals surface area contributed by atoms with Crippen LogP contribution < -0.4 is 0 Å². The average Bonchev–Trinajstić information content (AvgIpc) is 2.83. The molecule has 1 aromatic heterocycles. The van der Waals surface area contributed by atoms with E-state index in [2.05, 4.69) is 4.74 Å². The van der Waals surface area contributed by atoms with Crippen molar-refractivity contribution >= 4 is 17.8 Å². The number of carbonyl (C=O) groups is 3. The van der Waals surface area contributed by atoms with Crippen LogP contribution >= 0.6 is 0 Å². The first-order valence-electron chi connectivity index (χ1n) is 8.23. The minimum absolute atomic E-state index is 0.0576. The lowest BCUT2D eigenvalue weighted by Crippen LogP contribution is -2.38. The number of rotatable bonds is 5. The van der Waals surface area contributed by atoms with Gasteiger partial charge in [-0.3, -0.25) is 14.4 Å². The number of amides is 2. The fourth-order valence-corrected chi connectivity index (χ4v) is 2.84. The highest BCUT2D eigenvalue weighted by atomic mass is 16.5. The lowest BCUT2D eigenvalue weighted by atomic mass is 10.2. The molecule has 7 heteroatoms. The van der Waals surface area contributed by atoms with E-state index < -0.39 is 0 Å². The molecule has 7 nitrogen and oxygen atoms in total. The highest BCUT2D eigenvalue weighted by molar-refractivity contribution is 5.82. The number of aromatic nitrogens is 1. The summed E-state index contributed by atoms with van der Waals surface area (Å²) in [6.07, 6.45) is 5.26. The molecule has 0 aliphatic carbocycles. The maximum Gasteiger partial charge on any atom is 0.306 e. The molecule has 0 radical (unpaired) electrons. The molecule has 0 bridgehead atoms. The molecule has 0 atom stereocenters. The van der Waals surface area contributed by atoms with Crippen LogP contribution in [0.15, 0.2) is 18.5 Å². The van der Waals surface area contributed by atoms with Crippen LogP contribution in [0, 0.1) is 0 Å². The summed E-state index contributed by atoms with van der Waals surface area (Å²) in [5.41, 5.74) is 0.998. The molecule has 1 aliphatic heterocycles. The number of esters is 1. The lowest BCUT2D eigenvalue weighted by Gasteiger charge is -2.22. The molecule has 1 aromatic rings. The van der Waals surface area contributed by atoms with Gasteiger partial charge in [0.1, 0.15) is 0 Å². The Hall–Kier alpha value is -2.31. The second kappa shape index (κ2) is 8.52. The zero-order valence-corrected chi connectivity index (χ0v) is 14.4. The van der Waals surface area contributed by atoms with Crippen molar-refractivity contribution in [3.8, 4) is 0 Å². The van der Waals surface area contributed by atoms with Gasteiger partial charge in [0.05, 0.1) is 20.0 Å². The van der Waals surface area contributed by atoms with E-state index in [9.17, 15) is 14.4 Å². The Bertz CT molecular complexity index is 596. The molecule has 1 saturated heterocycles. The van der Waals surface area contributed by atoms with Gasteiger partial charge in [0, 0.05) is 52.0 Å². The van der Waals surface area contributed by atoms with Gasteiger partial charge in [-0.1, -0.05) is 0 Å². The summed E-state index contributed by atoms with van der Waals surface area (Å²) in [6, 6.07) is 1.94. The number of methoxy groups -OCH3 is 1. The van der Waals surface area contributed by atoms with Crippen LogP contribution in [0.3, 0.4) is 0 Å². The summed E-state index contributed by atoms with van der Waals surface area (Å²) in [4.78, 5) is 39.3. The largest absolute Gasteiger partial charge is 0.469 e. The minimum atomic E-state index is -0.377. The second-order valence-corrected chi connectivity index (χ2v) is 6.05. The molecule has 132 valence electrons. The van der Waals surface area contributed by atoms with Crippen LogP contribution in [-0.2, 0) is 32.6 Å². The third-order valence-electron chi connectivity index (χ3n) is 4.22. The highest BCUT2D eigenvalue weighted by Gasteiger charge is 2.22. The second-order valence-electron chi connectivity index (χ2n) is 6.05. The lowest BCUT2D eigenvalue weighted by molar-refractivity contribution is -0.143. The molecule has 0 saturated carbocycles. The van der Waals surface area contributed by atoms with Crippen LogP contribution in [0.4, 0.5) is 0 Å². The van der Waals surface area contributed by atoms with Crippen molar-refractivity contribution in [2.75, 3.05) is 33.3 Å². The molecule has 2 heterocycles. The predicted octanol–water partition coefficient (Wildman–Crippen LogP) is 0.582. The average molecular weight is 335 g/mol. The van der Waals surface area contributed by atoms with Crippen LogP contribution in [0.1, 0.15) is 24.8 Å². The normalized spacial score (nSPS) is 15.1. The van der Waals surface area contributed by atoms with Gasteiger partial charge in [-0.05, 0) is 18.1 Å². The first kappa shape index (κ1) is 18.0. The molecule has 2 amide bonds. The van der Waals surface area contributed by atoms with Crippen molar-refractivity contribution in [1.29, 1.82) is 0 Å². The van der Waals surface area contributed by atoms with Gasteiger partial charge < -0.3 is 19.1 Å². The van der Waals surface area contributed by atoms with Gasteiger partial charge in [-0.2, -0.15) is 0 Å². The number of hydrogen-bond donors (Lipinski definition) is 0. The summed E-state index contributed by atoms with van der Waals surface area (Å²) in [6.45, 7) is 2.33. The standard InChI is InChI=1S/C17H25N3O4/c1-18-9-6-14(13-18)12-16(22)20-8-3-7-19(10-11-20)15(21)4-5-17(23)24-2/h6,9,13H,3-5,7-8,10-12H2,1-2H3. The topological polar surface area (TPSA) is 71.9 Å². The third-order valence-corrected chi connectivity index (χ3v) is 4.22. The van der Waals surface area contributed by atoms with Crippen LogP contribution in [-0.4, -0.2) is 65.4 Å². The third kappa shape index (κ3) is 5.11. The zero-order valence-electron chi connectivity index (χ0n) is 14.4. The number of hydrogen-bond acceptors (Lipinski definition) is 4. The van der Waals surface area contributed by atoms with E-state index in [1.54, 1.807) is 4.90 Å². The molecule has 0 N–H and O–H groups in total. The smallest absolute Gasteiger partial charge is 0.306 e. The van der Waals surface area contributed by atoms with Crippen molar-refractivity contribution in [1.82, 2.24) is 14.4 Å². The monoisotopic (exact) mass is 335 g/mol. The summed E-state index contributed by atoms with van der Waals surface area (Å²) in [5.74, 6) is -0.347. The van der Waals surface area contributed by atoms with Gasteiger partial charge in [0.2, 0.25) is 11.8 Å². The maximum absolute atomic E-state index is 12.4. The SMILES string of the molecule is COC(=O)CCC(=O)N1CCCN(C(=O)Cc2ccn(C)c2)CC1. The fraction of sp³-hybridized carbons (Fsp3) is 0.588.